The lowest BCUT2D eigenvalue weighted by atomic mass is 9.86. The molecule has 0 amide bonds. The zero-order valence-electron chi connectivity index (χ0n) is 8.48. The molecule has 2 N–H and O–H groups in total. The van der Waals surface area contributed by atoms with E-state index >= 15 is 0 Å². The van der Waals surface area contributed by atoms with Gasteiger partial charge in [-0.05, 0) is 50.0 Å². The van der Waals surface area contributed by atoms with Gasteiger partial charge in [0.05, 0.1) is 11.5 Å². The van der Waals surface area contributed by atoms with Gasteiger partial charge >= 0.3 is 0 Å². The van der Waals surface area contributed by atoms with Crippen molar-refractivity contribution in [1.82, 2.24) is 0 Å². The van der Waals surface area contributed by atoms with Crippen LogP contribution in [0.2, 0.25) is 0 Å². The maximum atomic E-state index is 11.5. The number of nitrogens with two attached hydrogens (primary N) is 1. The summed E-state index contributed by atoms with van der Waals surface area (Å²) in [4.78, 5) is 0. The molecule has 1 aliphatic carbocycles. The molecule has 2 rings (SSSR count). The smallest absolute Gasteiger partial charge is 0.150 e. The van der Waals surface area contributed by atoms with Crippen LogP contribution >= 0.6 is 0 Å². The van der Waals surface area contributed by atoms with E-state index in [0.717, 1.165) is 18.8 Å². The predicted molar refractivity (Wildman–Crippen MR) is 56.6 cm³/mol. The van der Waals surface area contributed by atoms with Gasteiger partial charge < -0.3 is 5.73 Å². The third-order valence-electron chi connectivity index (χ3n) is 3.60. The lowest BCUT2D eigenvalue weighted by molar-refractivity contribution is 0.301. The van der Waals surface area contributed by atoms with E-state index in [1.54, 1.807) is 0 Å². The summed E-state index contributed by atoms with van der Waals surface area (Å²) in [6.07, 6.45) is 4.44. The van der Waals surface area contributed by atoms with Gasteiger partial charge in [-0.2, -0.15) is 0 Å². The van der Waals surface area contributed by atoms with Crippen molar-refractivity contribution in [3.8, 4) is 0 Å². The number of hydrogen-bond acceptors (Lipinski definition) is 3. The second-order valence-electron chi connectivity index (χ2n) is 4.75. The van der Waals surface area contributed by atoms with Crippen molar-refractivity contribution in [3.05, 3.63) is 0 Å². The minimum absolute atomic E-state index is 0.353. The zero-order chi connectivity index (χ0) is 10.2. The van der Waals surface area contributed by atoms with Crippen LogP contribution in [-0.2, 0) is 9.84 Å². The third kappa shape index (κ3) is 2.28. The summed E-state index contributed by atoms with van der Waals surface area (Å²) < 4.78 is 23.0. The van der Waals surface area contributed by atoms with Crippen molar-refractivity contribution >= 4 is 9.84 Å². The molecule has 0 aromatic heterocycles. The highest BCUT2D eigenvalue weighted by Crippen LogP contribution is 2.42. The standard InChI is InChI=1S/C10H19NO2S/c11-6-10(8-3-4-8)9-2-1-5-14(12,13)7-9/h8-10H,1-7,11H2. The Morgan fingerprint density at radius 3 is 2.43 bits per heavy atom. The average Bonchev–Trinajstić information content (AvgIpc) is 2.88. The zero-order valence-corrected chi connectivity index (χ0v) is 9.30. The van der Waals surface area contributed by atoms with Crippen LogP contribution in [0.25, 0.3) is 0 Å². The highest BCUT2D eigenvalue weighted by Gasteiger charge is 2.38. The van der Waals surface area contributed by atoms with Gasteiger partial charge in [0, 0.05) is 0 Å². The van der Waals surface area contributed by atoms with Crippen LogP contribution in [-0.4, -0.2) is 26.5 Å². The first-order valence-electron chi connectivity index (χ1n) is 5.53. The summed E-state index contributed by atoms with van der Waals surface area (Å²) in [6, 6.07) is 0. The monoisotopic (exact) mass is 217 g/mol. The third-order valence-corrected chi connectivity index (χ3v) is 5.45. The van der Waals surface area contributed by atoms with Crippen LogP contribution in [0.5, 0.6) is 0 Å². The molecular weight excluding hydrogens is 198 g/mol. The molecule has 82 valence electrons. The van der Waals surface area contributed by atoms with Crippen molar-refractivity contribution in [2.45, 2.75) is 25.7 Å². The molecule has 2 aliphatic rings. The van der Waals surface area contributed by atoms with Crippen molar-refractivity contribution in [2.24, 2.45) is 23.5 Å². The molecule has 0 aromatic rings. The number of hydrogen-bond donors (Lipinski definition) is 1. The molecule has 1 aliphatic heterocycles. The summed E-state index contributed by atoms with van der Waals surface area (Å²) in [5.74, 6) is 2.35. The van der Waals surface area contributed by atoms with Crippen molar-refractivity contribution in [1.29, 1.82) is 0 Å². The molecule has 1 saturated heterocycles. The van der Waals surface area contributed by atoms with Crippen LogP contribution in [0.15, 0.2) is 0 Å². The first kappa shape index (κ1) is 10.4. The molecule has 0 bridgehead atoms. The lowest BCUT2D eigenvalue weighted by Crippen LogP contribution is -2.34. The Morgan fingerprint density at radius 1 is 1.21 bits per heavy atom. The lowest BCUT2D eigenvalue weighted by Gasteiger charge is -2.29. The van der Waals surface area contributed by atoms with Gasteiger partial charge in [-0.1, -0.05) is 0 Å². The molecule has 14 heavy (non-hydrogen) atoms. The van der Waals surface area contributed by atoms with E-state index in [2.05, 4.69) is 0 Å². The average molecular weight is 217 g/mol. The minimum Gasteiger partial charge on any atom is -0.330 e. The highest BCUT2D eigenvalue weighted by atomic mass is 32.2. The summed E-state index contributed by atoms with van der Waals surface area (Å²) in [6.45, 7) is 0.671. The Hall–Kier alpha value is -0.0900. The van der Waals surface area contributed by atoms with Gasteiger partial charge in [0.15, 0.2) is 9.84 Å². The maximum absolute atomic E-state index is 11.5. The van der Waals surface area contributed by atoms with Gasteiger partial charge in [-0.15, -0.1) is 0 Å². The number of sulfone groups is 1. The molecule has 2 atom stereocenters. The van der Waals surface area contributed by atoms with Gasteiger partial charge in [0.2, 0.25) is 0 Å². The summed E-state index contributed by atoms with van der Waals surface area (Å²) in [5.41, 5.74) is 5.74. The molecule has 3 nitrogen and oxygen atoms in total. The van der Waals surface area contributed by atoms with Crippen LogP contribution in [0.3, 0.4) is 0 Å². The largest absolute Gasteiger partial charge is 0.330 e. The van der Waals surface area contributed by atoms with Gasteiger partial charge in [0.25, 0.3) is 0 Å². The van der Waals surface area contributed by atoms with Gasteiger partial charge in [0.1, 0.15) is 0 Å². The summed E-state index contributed by atoms with van der Waals surface area (Å²) >= 11 is 0. The first-order chi connectivity index (χ1) is 6.62. The quantitative estimate of drug-likeness (QED) is 0.760. The Morgan fingerprint density at radius 2 is 1.93 bits per heavy atom. The van der Waals surface area contributed by atoms with Crippen molar-refractivity contribution in [2.75, 3.05) is 18.1 Å². The Labute approximate surface area is 86.0 Å². The molecule has 0 aromatic carbocycles. The molecule has 2 unspecified atom stereocenters. The van der Waals surface area contributed by atoms with Crippen molar-refractivity contribution in [3.63, 3.8) is 0 Å². The minimum atomic E-state index is -2.75. The fraction of sp³-hybridized carbons (Fsp3) is 1.00. The molecule has 1 saturated carbocycles. The predicted octanol–water partition coefficient (Wildman–Crippen LogP) is 0.796. The fourth-order valence-corrected chi connectivity index (χ4v) is 4.53. The topological polar surface area (TPSA) is 60.2 Å². The fourth-order valence-electron chi connectivity index (χ4n) is 2.69. The van der Waals surface area contributed by atoms with E-state index in [-0.39, 0.29) is 0 Å². The molecule has 0 spiro atoms. The molecule has 4 heteroatoms. The van der Waals surface area contributed by atoms with E-state index in [0.29, 0.717) is 29.9 Å². The van der Waals surface area contributed by atoms with E-state index in [1.165, 1.54) is 12.8 Å². The van der Waals surface area contributed by atoms with E-state index < -0.39 is 9.84 Å². The van der Waals surface area contributed by atoms with Crippen LogP contribution in [0.4, 0.5) is 0 Å². The maximum Gasteiger partial charge on any atom is 0.150 e. The van der Waals surface area contributed by atoms with Gasteiger partial charge in [-0.25, -0.2) is 8.42 Å². The number of rotatable bonds is 3. The first-order valence-corrected chi connectivity index (χ1v) is 7.35. The van der Waals surface area contributed by atoms with Crippen LogP contribution in [0.1, 0.15) is 25.7 Å². The Balaban J connectivity index is 2.01. The second-order valence-corrected chi connectivity index (χ2v) is 6.98. The van der Waals surface area contributed by atoms with Gasteiger partial charge in [-0.3, -0.25) is 0 Å². The SMILES string of the molecule is NCC(C1CC1)C1CCCS(=O)(=O)C1. The molecule has 0 radical (unpaired) electrons. The highest BCUT2D eigenvalue weighted by molar-refractivity contribution is 7.91. The second kappa shape index (κ2) is 3.81. The van der Waals surface area contributed by atoms with Crippen molar-refractivity contribution < 1.29 is 8.42 Å². The molecular formula is C10H19NO2S. The molecule has 2 fully saturated rings. The van der Waals surface area contributed by atoms with E-state index in [4.69, 9.17) is 5.73 Å². The van der Waals surface area contributed by atoms with E-state index in [1.807, 2.05) is 0 Å². The van der Waals surface area contributed by atoms with Crippen LogP contribution < -0.4 is 5.73 Å². The normalized spacial score (nSPS) is 33.9. The Kier molecular flexibility index (Phi) is 2.84. The molecule has 1 heterocycles. The van der Waals surface area contributed by atoms with E-state index in [9.17, 15) is 8.42 Å². The summed E-state index contributed by atoms with van der Waals surface area (Å²) in [5, 5.41) is 0. The summed E-state index contributed by atoms with van der Waals surface area (Å²) in [7, 11) is -2.75. The Bertz CT molecular complexity index is 295. The van der Waals surface area contributed by atoms with Crippen LogP contribution in [0, 0.1) is 17.8 Å².